The standard InChI is InChI=1S/C22H30O2/c1-4-21-12-10-18-17-9-7-16(24-3)14-15(17)6-8-19(18)20(21)11-13-22(21,23)5-2/h2,7,18-20,23H,4,6,8-14H2,1,3H3. The Bertz CT molecular complexity index is 637. The Hall–Kier alpha value is -1.20. The molecule has 1 N–H and O–H groups in total. The molecule has 0 radical (unpaired) electrons. The highest BCUT2D eigenvalue weighted by Gasteiger charge is 2.62. The molecule has 2 nitrogen and oxygen atoms in total. The van der Waals surface area contributed by atoms with Crippen LogP contribution in [0.25, 0.3) is 0 Å². The van der Waals surface area contributed by atoms with Crippen molar-refractivity contribution >= 4 is 0 Å². The highest BCUT2D eigenvalue weighted by atomic mass is 16.5. The average molecular weight is 326 g/mol. The minimum Gasteiger partial charge on any atom is -0.501 e. The normalized spacial score (nSPS) is 44.1. The minimum absolute atomic E-state index is 0.0385. The number of hydrogen-bond donors (Lipinski definition) is 1. The summed E-state index contributed by atoms with van der Waals surface area (Å²) in [4.78, 5) is 0. The van der Waals surface area contributed by atoms with Gasteiger partial charge in [0.2, 0.25) is 0 Å². The molecule has 4 aliphatic carbocycles. The third-order valence-electron chi connectivity index (χ3n) is 8.04. The van der Waals surface area contributed by atoms with Gasteiger partial charge in [-0.3, -0.25) is 0 Å². The van der Waals surface area contributed by atoms with Gasteiger partial charge in [0, 0.05) is 11.8 Å². The maximum Gasteiger partial charge on any atom is 0.131 e. The van der Waals surface area contributed by atoms with Crippen LogP contribution in [0, 0.1) is 35.5 Å². The summed E-state index contributed by atoms with van der Waals surface area (Å²) in [7, 11) is 1.79. The van der Waals surface area contributed by atoms with E-state index in [-0.39, 0.29) is 5.41 Å². The zero-order valence-corrected chi connectivity index (χ0v) is 15.1. The Kier molecular flexibility index (Phi) is 3.84. The molecule has 0 bridgehead atoms. The highest BCUT2D eigenvalue weighted by molar-refractivity contribution is 5.34. The lowest BCUT2D eigenvalue weighted by Crippen LogP contribution is -2.52. The Morgan fingerprint density at radius 3 is 2.88 bits per heavy atom. The van der Waals surface area contributed by atoms with Crippen LogP contribution in [0.4, 0.5) is 0 Å². The number of ether oxygens (including phenoxy) is 1. The Balaban J connectivity index is 1.65. The van der Waals surface area contributed by atoms with Gasteiger partial charge in [0.15, 0.2) is 0 Å². The lowest BCUT2D eigenvalue weighted by molar-refractivity contribution is -0.0855. The average Bonchev–Trinajstić information content (AvgIpc) is 2.94. The smallest absolute Gasteiger partial charge is 0.131 e. The fourth-order valence-electron chi connectivity index (χ4n) is 6.83. The Morgan fingerprint density at radius 1 is 1.33 bits per heavy atom. The maximum absolute atomic E-state index is 11.2. The molecule has 0 saturated heterocycles. The minimum atomic E-state index is -0.873. The summed E-state index contributed by atoms with van der Waals surface area (Å²) in [5.41, 5.74) is 2.43. The summed E-state index contributed by atoms with van der Waals surface area (Å²) in [5.74, 6) is 6.00. The summed E-state index contributed by atoms with van der Waals surface area (Å²) < 4.78 is 5.49. The largest absolute Gasteiger partial charge is 0.501 e. The lowest BCUT2D eigenvalue weighted by Gasteiger charge is -2.54. The van der Waals surface area contributed by atoms with Gasteiger partial charge < -0.3 is 9.84 Å². The molecule has 2 saturated carbocycles. The van der Waals surface area contributed by atoms with Gasteiger partial charge >= 0.3 is 0 Å². The van der Waals surface area contributed by atoms with Gasteiger partial charge in [-0.1, -0.05) is 24.0 Å². The molecule has 4 aliphatic rings. The van der Waals surface area contributed by atoms with Crippen molar-refractivity contribution in [3.05, 3.63) is 23.0 Å². The predicted octanol–water partition coefficient (Wildman–Crippen LogP) is 4.60. The van der Waals surface area contributed by atoms with Crippen LogP contribution >= 0.6 is 0 Å². The molecule has 0 aromatic rings. The van der Waals surface area contributed by atoms with E-state index in [1.807, 2.05) is 0 Å². The molecular formula is C22H30O2. The molecule has 0 aromatic carbocycles. The third kappa shape index (κ3) is 2.00. The molecule has 0 aromatic heterocycles. The van der Waals surface area contributed by atoms with E-state index < -0.39 is 5.60 Å². The third-order valence-corrected chi connectivity index (χ3v) is 8.04. The topological polar surface area (TPSA) is 29.5 Å². The van der Waals surface area contributed by atoms with Gasteiger partial charge in [0.1, 0.15) is 5.60 Å². The first-order valence-corrected chi connectivity index (χ1v) is 9.72. The maximum atomic E-state index is 11.2. The van der Waals surface area contributed by atoms with E-state index in [0.717, 1.165) is 50.2 Å². The van der Waals surface area contributed by atoms with Gasteiger partial charge in [-0.15, -0.1) is 6.42 Å². The highest BCUT2D eigenvalue weighted by Crippen LogP contribution is 2.65. The van der Waals surface area contributed by atoms with E-state index in [9.17, 15) is 5.11 Å². The van der Waals surface area contributed by atoms with Gasteiger partial charge in [-0.05, 0) is 75.2 Å². The number of methoxy groups -OCH3 is 1. The molecule has 5 atom stereocenters. The lowest BCUT2D eigenvalue weighted by atomic mass is 9.51. The van der Waals surface area contributed by atoms with Crippen molar-refractivity contribution in [3.63, 3.8) is 0 Å². The molecule has 2 heteroatoms. The van der Waals surface area contributed by atoms with Crippen LogP contribution in [-0.2, 0) is 4.74 Å². The number of terminal acetylenes is 1. The summed E-state index contributed by atoms with van der Waals surface area (Å²) in [6, 6.07) is 0. The summed E-state index contributed by atoms with van der Waals surface area (Å²) in [5, 5.41) is 11.2. The first kappa shape index (κ1) is 16.3. The fraction of sp³-hybridized carbons (Fsp3) is 0.727. The number of allylic oxidation sites excluding steroid dienone is 3. The second kappa shape index (κ2) is 5.67. The molecular weight excluding hydrogens is 296 g/mol. The second-order valence-corrected chi connectivity index (χ2v) is 8.39. The quantitative estimate of drug-likeness (QED) is 0.594. The molecule has 130 valence electrons. The van der Waals surface area contributed by atoms with Crippen molar-refractivity contribution < 1.29 is 9.84 Å². The van der Waals surface area contributed by atoms with Crippen LogP contribution in [0.5, 0.6) is 0 Å². The van der Waals surface area contributed by atoms with Crippen LogP contribution in [0.15, 0.2) is 23.0 Å². The number of hydrogen-bond acceptors (Lipinski definition) is 2. The number of fused-ring (bicyclic) bond motifs is 4. The van der Waals surface area contributed by atoms with Crippen molar-refractivity contribution in [2.45, 2.75) is 70.3 Å². The molecule has 0 spiro atoms. The summed E-state index contributed by atoms with van der Waals surface area (Å²) >= 11 is 0. The zero-order chi connectivity index (χ0) is 16.9. The first-order chi connectivity index (χ1) is 11.6. The monoisotopic (exact) mass is 326 g/mol. The molecule has 0 amide bonds. The van der Waals surface area contributed by atoms with Crippen LogP contribution in [0.2, 0.25) is 0 Å². The van der Waals surface area contributed by atoms with E-state index >= 15 is 0 Å². The number of aliphatic hydroxyl groups is 1. The SMILES string of the molecule is C#CC1(O)CCC2C3CCC4=C(CC=C(OC)C4)C3CCC21CC. The summed E-state index contributed by atoms with van der Waals surface area (Å²) in [6.45, 7) is 2.24. The molecule has 5 unspecified atom stereocenters. The van der Waals surface area contributed by atoms with E-state index in [1.165, 1.54) is 19.3 Å². The van der Waals surface area contributed by atoms with Crippen molar-refractivity contribution in [2.75, 3.05) is 7.11 Å². The van der Waals surface area contributed by atoms with E-state index in [0.29, 0.717) is 11.8 Å². The first-order valence-electron chi connectivity index (χ1n) is 9.72. The molecule has 2 fully saturated rings. The van der Waals surface area contributed by atoms with Crippen LogP contribution in [0.3, 0.4) is 0 Å². The van der Waals surface area contributed by atoms with Crippen molar-refractivity contribution in [1.82, 2.24) is 0 Å². The second-order valence-electron chi connectivity index (χ2n) is 8.39. The van der Waals surface area contributed by atoms with E-state index in [1.54, 1.807) is 18.3 Å². The van der Waals surface area contributed by atoms with Crippen LogP contribution < -0.4 is 0 Å². The number of rotatable bonds is 2. The zero-order valence-electron chi connectivity index (χ0n) is 15.1. The van der Waals surface area contributed by atoms with Gasteiger partial charge in [-0.25, -0.2) is 0 Å². The molecule has 0 heterocycles. The Morgan fingerprint density at radius 2 is 2.17 bits per heavy atom. The predicted molar refractivity (Wildman–Crippen MR) is 96.0 cm³/mol. The van der Waals surface area contributed by atoms with Gasteiger partial charge in [0.05, 0.1) is 12.9 Å². The Labute approximate surface area is 146 Å². The molecule has 4 rings (SSSR count). The van der Waals surface area contributed by atoms with Crippen LogP contribution in [-0.4, -0.2) is 17.8 Å². The van der Waals surface area contributed by atoms with Gasteiger partial charge in [-0.2, -0.15) is 0 Å². The molecule has 24 heavy (non-hydrogen) atoms. The van der Waals surface area contributed by atoms with Gasteiger partial charge in [0.25, 0.3) is 0 Å². The van der Waals surface area contributed by atoms with Crippen LogP contribution in [0.1, 0.15) is 64.7 Å². The summed E-state index contributed by atoms with van der Waals surface area (Å²) in [6.07, 6.45) is 17.9. The van der Waals surface area contributed by atoms with E-state index in [4.69, 9.17) is 11.2 Å². The van der Waals surface area contributed by atoms with Crippen molar-refractivity contribution in [1.29, 1.82) is 0 Å². The van der Waals surface area contributed by atoms with Crippen molar-refractivity contribution in [3.8, 4) is 12.3 Å². The fourth-order valence-corrected chi connectivity index (χ4v) is 6.83. The van der Waals surface area contributed by atoms with E-state index in [2.05, 4.69) is 18.9 Å². The van der Waals surface area contributed by atoms with Crippen molar-refractivity contribution in [2.24, 2.45) is 23.2 Å². The molecule has 0 aliphatic heterocycles.